The van der Waals surface area contributed by atoms with Gasteiger partial charge in [0.25, 0.3) is 0 Å². The van der Waals surface area contributed by atoms with Crippen LogP contribution in [0.2, 0.25) is 0 Å². The van der Waals surface area contributed by atoms with Gasteiger partial charge in [0, 0.05) is 12.8 Å². The van der Waals surface area contributed by atoms with Gasteiger partial charge in [-0.15, -0.1) is 0 Å². The zero-order valence-electron chi connectivity index (χ0n) is 44.6. The Morgan fingerprint density at radius 2 is 0.746 bits per heavy atom. The van der Waals surface area contributed by atoms with Gasteiger partial charge in [-0.2, -0.15) is 0 Å². The third-order valence-electron chi connectivity index (χ3n) is 13.4. The van der Waals surface area contributed by atoms with Gasteiger partial charge in [-0.25, -0.2) is 0 Å². The Bertz CT molecular complexity index is 1130. The molecular formula is C61H113NO5. The van der Waals surface area contributed by atoms with Crippen LogP contribution >= 0.6 is 0 Å². The van der Waals surface area contributed by atoms with Gasteiger partial charge in [-0.05, 0) is 96.3 Å². The first-order valence-corrected chi connectivity index (χ1v) is 29.4. The number of aliphatic hydroxyl groups excluding tert-OH is 2. The predicted octanol–water partition coefficient (Wildman–Crippen LogP) is 18.2. The molecule has 0 fully saturated rings. The van der Waals surface area contributed by atoms with E-state index >= 15 is 0 Å². The maximum Gasteiger partial charge on any atom is 0.305 e. The van der Waals surface area contributed by atoms with Gasteiger partial charge in [0.05, 0.1) is 25.4 Å². The fourth-order valence-electron chi connectivity index (χ4n) is 8.82. The lowest BCUT2D eigenvalue weighted by atomic mass is 10.0. The Hall–Kier alpha value is -2.18. The number of hydrogen-bond acceptors (Lipinski definition) is 5. The van der Waals surface area contributed by atoms with Gasteiger partial charge in [-0.3, -0.25) is 9.59 Å². The van der Waals surface area contributed by atoms with Crippen molar-refractivity contribution in [2.24, 2.45) is 0 Å². The number of ether oxygens (including phenoxy) is 1. The Labute approximate surface area is 416 Å². The summed E-state index contributed by atoms with van der Waals surface area (Å²) in [4.78, 5) is 24.5. The molecule has 392 valence electrons. The van der Waals surface area contributed by atoms with Crippen LogP contribution in [-0.4, -0.2) is 47.4 Å². The van der Waals surface area contributed by atoms with Gasteiger partial charge in [0.2, 0.25) is 5.91 Å². The number of amides is 1. The Balaban J connectivity index is 3.51. The van der Waals surface area contributed by atoms with E-state index in [1.54, 1.807) is 0 Å². The maximum absolute atomic E-state index is 12.5. The van der Waals surface area contributed by atoms with Crippen molar-refractivity contribution in [2.45, 2.75) is 315 Å². The molecule has 2 unspecified atom stereocenters. The lowest BCUT2D eigenvalue weighted by molar-refractivity contribution is -0.143. The summed E-state index contributed by atoms with van der Waals surface area (Å²) in [7, 11) is 0. The molecule has 67 heavy (non-hydrogen) atoms. The lowest BCUT2D eigenvalue weighted by Crippen LogP contribution is -2.45. The molecule has 3 N–H and O–H groups in total. The molecule has 1 amide bonds. The van der Waals surface area contributed by atoms with E-state index in [0.29, 0.717) is 25.9 Å². The van der Waals surface area contributed by atoms with Crippen molar-refractivity contribution < 1.29 is 24.5 Å². The molecule has 0 aliphatic rings. The van der Waals surface area contributed by atoms with E-state index in [9.17, 15) is 19.8 Å². The minimum Gasteiger partial charge on any atom is -0.466 e. The van der Waals surface area contributed by atoms with Gasteiger partial charge in [0.1, 0.15) is 0 Å². The third-order valence-corrected chi connectivity index (χ3v) is 13.4. The first-order valence-electron chi connectivity index (χ1n) is 29.4. The highest BCUT2D eigenvalue weighted by Crippen LogP contribution is 2.17. The summed E-state index contributed by atoms with van der Waals surface area (Å²) < 4.78 is 5.44. The van der Waals surface area contributed by atoms with Gasteiger partial charge < -0.3 is 20.3 Å². The predicted molar refractivity (Wildman–Crippen MR) is 292 cm³/mol. The maximum atomic E-state index is 12.5. The molecule has 6 heteroatoms. The molecule has 0 bridgehead atoms. The smallest absolute Gasteiger partial charge is 0.305 e. The molecule has 0 aromatic rings. The van der Waals surface area contributed by atoms with Crippen molar-refractivity contribution >= 4 is 11.9 Å². The normalized spacial score (nSPS) is 13.0. The molecule has 0 aliphatic heterocycles. The Kier molecular flexibility index (Phi) is 54.6. The second kappa shape index (κ2) is 56.4. The second-order valence-corrected chi connectivity index (χ2v) is 20.0. The molecule has 6 nitrogen and oxygen atoms in total. The van der Waals surface area contributed by atoms with E-state index in [4.69, 9.17) is 4.74 Å². The summed E-state index contributed by atoms with van der Waals surface area (Å²) in [5, 5.41) is 23.3. The zero-order valence-corrected chi connectivity index (χ0v) is 44.6. The van der Waals surface area contributed by atoms with Crippen LogP contribution in [0.1, 0.15) is 303 Å². The molecule has 0 spiro atoms. The quantitative estimate of drug-likeness (QED) is 0.0321. The van der Waals surface area contributed by atoms with Gasteiger partial charge >= 0.3 is 5.97 Å². The van der Waals surface area contributed by atoms with Crippen LogP contribution in [0.25, 0.3) is 0 Å². The van der Waals surface area contributed by atoms with Crippen molar-refractivity contribution in [3.8, 4) is 0 Å². The highest BCUT2D eigenvalue weighted by atomic mass is 16.5. The van der Waals surface area contributed by atoms with Gasteiger partial charge in [-0.1, -0.05) is 242 Å². The summed E-state index contributed by atoms with van der Waals surface area (Å²) in [6.45, 7) is 4.88. The summed E-state index contributed by atoms with van der Waals surface area (Å²) in [6, 6.07) is -0.555. The molecule has 2 atom stereocenters. The average molecular weight is 941 g/mol. The van der Waals surface area contributed by atoms with Crippen molar-refractivity contribution in [3.63, 3.8) is 0 Å². The minimum atomic E-state index is -0.677. The van der Waals surface area contributed by atoms with Gasteiger partial charge in [0.15, 0.2) is 0 Å². The molecule has 0 radical (unpaired) electrons. The topological polar surface area (TPSA) is 95.9 Å². The largest absolute Gasteiger partial charge is 0.466 e. The first-order chi connectivity index (χ1) is 33.0. The fraction of sp³-hybridized carbons (Fsp3) is 0.836. The zero-order chi connectivity index (χ0) is 48.6. The van der Waals surface area contributed by atoms with E-state index in [1.807, 2.05) is 0 Å². The number of carbonyl (C=O) groups excluding carboxylic acids is 2. The van der Waals surface area contributed by atoms with Crippen LogP contribution in [0, 0.1) is 0 Å². The number of esters is 1. The Morgan fingerprint density at radius 3 is 1.16 bits per heavy atom. The van der Waals surface area contributed by atoms with Crippen LogP contribution in [0.5, 0.6) is 0 Å². The number of unbranched alkanes of at least 4 members (excludes halogenated alkanes) is 35. The van der Waals surface area contributed by atoms with E-state index in [1.165, 1.54) is 173 Å². The fourth-order valence-corrected chi connectivity index (χ4v) is 8.82. The number of nitrogens with one attached hydrogen (secondary N) is 1. The third kappa shape index (κ3) is 53.0. The Morgan fingerprint density at radius 1 is 0.418 bits per heavy atom. The molecule has 0 saturated carbocycles. The second-order valence-electron chi connectivity index (χ2n) is 20.0. The van der Waals surface area contributed by atoms with E-state index in [-0.39, 0.29) is 18.5 Å². The van der Waals surface area contributed by atoms with E-state index in [0.717, 1.165) is 96.3 Å². The van der Waals surface area contributed by atoms with Crippen molar-refractivity contribution in [3.05, 3.63) is 48.6 Å². The van der Waals surface area contributed by atoms with Crippen LogP contribution in [0.15, 0.2) is 48.6 Å². The standard InChI is InChI=1S/C61H113NO5/c1-3-5-7-9-11-13-15-17-19-20-22-26-29-33-37-41-45-49-53-59(64)58(57-63)62-60(65)54-50-46-42-38-34-30-27-23-21-24-28-32-36-40-44-48-52-56-67-61(66)55-51-47-43-39-35-31-25-18-16-14-12-10-8-6-4-2/h12,14,18,21,24-25,32,36,58-59,63-64H,3-11,13,15-17,19-20,22-23,26-31,33-35,37-57H2,1-2H3,(H,62,65)/b14-12-,24-21-,25-18-,36-32-. The highest BCUT2D eigenvalue weighted by Gasteiger charge is 2.20. The monoisotopic (exact) mass is 940 g/mol. The van der Waals surface area contributed by atoms with Crippen molar-refractivity contribution in [1.82, 2.24) is 5.32 Å². The van der Waals surface area contributed by atoms with E-state index < -0.39 is 12.1 Å². The summed E-state index contributed by atoms with van der Waals surface area (Å²) >= 11 is 0. The van der Waals surface area contributed by atoms with Crippen molar-refractivity contribution in [2.75, 3.05) is 13.2 Å². The molecule has 0 heterocycles. The SMILES string of the molecule is CCCCC/C=C\C/C=C\CCCCCCCC(=O)OCCCCC/C=C\C/C=C\CCCCCCCCCC(=O)NC(CO)C(O)CCCCCCCCCCCCCCCCCCCC. The van der Waals surface area contributed by atoms with Crippen LogP contribution in [-0.2, 0) is 14.3 Å². The molecule has 0 saturated heterocycles. The van der Waals surface area contributed by atoms with Crippen molar-refractivity contribution in [1.29, 1.82) is 0 Å². The lowest BCUT2D eigenvalue weighted by Gasteiger charge is -2.22. The highest BCUT2D eigenvalue weighted by molar-refractivity contribution is 5.76. The van der Waals surface area contributed by atoms with E-state index in [2.05, 4.69) is 67.8 Å². The summed E-state index contributed by atoms with van der Waals surface area (Å²) in [5.74, 6) is -0.0802. The minimum absolute atomic E-state index is 0.0297. The van der Waals surface area contributed by atoms with Crippen LogP contribution in [0.3, 0.4) is 0 Å². The number of aliphatic hydroxyl groups is 2. The molecule has 0 aromatic heterocycles. The molecule has 0 aromatic carbocycles. The molecular weight excluding hydrogens is 827 g/mol. The average Bonchev–Trinajstić information content (AvgIpc) is 3.33. The number of hydrogen-bond donors (Lipinski definition) is 3. The molecule has 0 aliphatic carbocycles. The summed E-state index contributed by atoms with van der Waals surface area (Å²) in [6.07, 6.45) is 71.0. The number of rotatable bonds is 54. The number of allylic oxidation sites excluding steroid dienone is 8. The number of carbonyl (C=O) groups is 2. The summed E-state index contributed by atoms with van der Waals surface area (Å²) in [5.41, 5.74) is 0. The van der Waals surface area contributed by atoms with Crippen LogP contribution < -0.4 is 5.32 Å². The first kappa shape index (κ1) is 64.8. The molecule has 0 rings (SSSR count). The van der Waals surface area contributed by atoms with Crippen LogP contribution in [0.4, 0.5) is 0 Å².